The summed E-state index contributed by atoms with van der Waals surface area (Å²) in [6, 6.07) is 13.1. The summed E-state index contributed by atoms with van der Waals surface area (Å²) in [4.78, 5) is 5.31. The highest BCUT2D eigenvalue weighted by Crippen LogP contribution is 2.32. The minimum absolute atomic E-state index is 0.542. The first-order chi connectivity index (χ1) is 10.7. The number of anilines is 2. The summed E-state index contributed by atoms with van der Waals surface area (Å²) in [5.41, 5.74) is 7.71. The summed E-state index contributed by atoms with van der Waals surface area (Å²) >= 11 is 2.88. The van der Waals surface area contributed by atoms with Gasteiger partial charge in [0.25, 0.3) is 0 Å². The average Bonchev–Trinajstić information content (AvgIpc) is 2.95. The van der Waals surface area contributed by atoms with E-state index >= 15 is 0 Å². The fraction of sp³-hybridized carbons (Fsp3) is 0.0667. The zero-order chi connectivity index (χ0) is 15.5. The van der Waals surface area contributed by atoms with Crippen LogP contribution in [0, 0.1) is 11.3 Å². The van der Waals surface area contributed by atoms with Gasteiger partial charge in [0.15, 0.2) is 5.13 Å². The predicted octanol–water partition coefficient (Wildman–Crippen LogP) is 3.88. The molecule has 3 rings (SSSR count). The topological polar surface area (TPSA) is 84.0 Å². The molecule has 0 aliphatic heterocycles. The fourth-order valence-corrected chi connectivity index (χ4v) is 3.53. The number of nitrogen functional groups attached to an aromatic ring is 1. The van der Waals surface area contributed by atoms with Gasteiger partial charge in [-0.15, -0.1) is 0 Å². The van der Waals surface area contributed by atoms with Crippen LogP contribution in [0.15, 0.2) is 41.3 Å². The van der Waals surface area contributed by atoms with Crippen LogP contribution in [-0.4, -0.2) is 12.1 Å². The fourth-order valence-electron chi connectivity index (χ4n) is 1.90. The molecule has 7 heteroatoms. The first-order valence-electron chi connectivity index (χ1n) is 6.36. The van der Waals surface area contributed by atoms with Crippen molar-refractivity contribution in [3.8, 4) is 11.8 Å². The smallest absolute Gasteiger partial charge is 0.194 e. The monoisotopic (exact) mass is 328 g/mol. The molecule has 0 spiro atoms. The number of nitrogens with two attached hydrogens (primary N) is 1. The van der Waals surface area contributed by atoms with Gasteiger partial charge in [-0.3, -0.25) is 0 Å². The number of nitrogens with one attached hydrogen (secondary N) is 1. The standard InChI is InChI=1S/C15H12N4OS2/c1-20-11-3-4-12-14(7-11)21-15(18-12)19-22-13-5-2-10(17)6-9(13)8-16/h2-7H,17H2,1H3,(H,18,19). The van der Waals surface area contributed by atoms with E-state index in [0.717, 1.165) is 26.0 Å². The highest BCUT2D eigenvalue weighted by Gasteiger charge is 2.08. The van der Waals surface area contributed by atoms with Crippen molar-refractivity contribution in [1.29, 1.82) is 5.26 Å². The minimum Gasteiger partial charge on any atom is -0.497 e. The molecule has 1 aromatic heterocycles. The van der Waals surface area contributed by atoms with Crippen molar-refractivity contribution < 1.29 is 4.74 Å². The second-order valence-electron chi connectivity index (χ2n) is 4.42. The van der Waals surface area contributed by atoms with Crippen LogP contribution in [0.4, 0.5) is 10.8 Å². The van der Waals surface area contributed by atoms with Crippen molar-refractivity contribution in [2.75, 3.05) is 17.6 Å². The van der Waals surface area contributed by atoms with Crippen LogP contribution in [0.2, 0.25) is 0 Å². The van der Waals surface area contributed by atoms with E-state index in [4.69, 9.17) is 15.7 Å². The molecule has 0 aliphatic carbocycles. The minimum atomic E-state index is 0.542. The molecule has 5 nitrogen and oxygen atoms in total. The van der Waals surface area contributed by atoms with E-state index in [2.05, 4.69) is 15.8 Å². The molecular weight excluding hydrogens is 316 g/mol. The Bertz CT molecular complexity index is 870. The van der Waals surface area contributed by atoms with Gasteiger partial charge in [-0.2, -0.15) is 5.26 Å². The van der Waals surface area contributed by atoms with Gasteiger partial charge in [-0.25, -0.2) is 4.98 Å². The quantitative estimate of drug-likeness (QED) is 0.558. The van der Waals surface area contributed by atoms with Crippen molar-refractivity contribution in [1.82, 2.24) is 4.98 Å². The van der Waals surface area contributed by atoms with Crippen molar-refractivity contribution in [3.63, 3.8) is 0 Å². The number of hydrogen-bond donors (Lipinski definition) is 2. The molecular formula is C15H12N4OS2. The number of methoxy groups -OCH3 is 1. The second-order valence-corrected chi connectivity index (χ2v) is 6.30. The van der Waals surface area contributed by atoms with E-state index in [0.29, 0.717) is 11.3 Å². The SMILES string of the molecule is COc1ccc2nc(NSc3ccc(N)cc3C#N)sc2c1. The number of hydrogen-bond acceptors (Lipinski definition) is 7. The van der Waals surface area contributed by atoms with E-state index in [1.807, 2.05) is 24.3 Å². The van der Waals surface area contributed by atoms with Crippen molar-refractivity contribution in [3.05, 3.63) is 42.0 Å². The molecule has 0 radical (unpaired) electrons. The largest absolute Gasteiger partial charge is 0.497 e. The molecule has 110 valence electrons. The molecule has 0 saturated carbocycles. The third-order valence-corrected chi connectivity index (χ3v) is 4.90. The van der Waals surface area contributed by atoms with Crippen molar-refractivity contribution in [2.24, 2.45) is 0 Å². The van der Waals surface area contributed by atoms with Gasteiger partial charge in [-0.05, 0) is 48.3 Å². The summed E-state index contributed by atoms with van der Waals surface area (Å²) in [5.74, 6) is 0.806. The summed E-state index contributed by atoms with van der Waals surface area (Å²) in [5, 5.41) is 9.91. The van der Waals surface area contributed by atoms with Gasteiger partial charge in [-0.1, -0.05) is 11.3 Å². The lowest BCUT2D eigenvalue weighted by Gasteiger charge is -2.04. The number of nitriles is 1. The highest BCUT2D eigenvalue weighted by molar-refractivity contribution is 8.00. The molecule has 3 N–H and O–H groups in total. The van der Waals surface area contributed by atoms with Gasteiger partial charge in [0.2, 0.25) is 0 Å². The molecule has 0 bridgehead atoms. The molecule has 0 saturated heterocycles. The summed E-state index contributed by atoms with van der Waals surface area (Å²) in [6.07, 6.45) is 0. The van der Waals surface area contributed by atoms with E-state index in [9.17, 15) is 0 Å². The van der Waals surface area contributed by atoms with Crippen LogP contribution in [0.5, 0.6) is 5.75 Å². The average molecular weight is 328 g/mol. The Morgan fingerprint density at radius 1 is 1.32 bits per heavy atom. The van der Waals surface area contributed by atoms with E-state index in [1.54, 1.807) is 19.2 Å². The lowest BCUT2D eigenvalue weighted by molar-refractivity contribution is 0.415. The zero-order valence-electron chi connectivity index (χ0n) is 11.7. The number of fused-ring (bicyclic) bond motifs is 1. The molecule has 3 aromatic rings. The predicted molar refractivity (Wildman–Crippen MR) is 91.2 cm³/mol. The highest BCUT2D eigenvalue weighted by atomic mass is 32.2. The zero-order valence-corrected chi connectivity index (χ0v) is 13.3. The maximum Gasteiger partial charge on any atom is 0.194 e. The molecule has 22 heavy (non-hydrogen) atoms. The van der Waals surface area contributed by atoms with Gasteiger partial charge >= 0.3 is 0 Å². The third-order valence-electron chi connectivity index (χ3n) is 2.97. The van der Waals surface area contributed by atoms with Gasteiger partial charge in [0.1, 0.15) is 11.8 Å². The Hall–Kier alpha value is -2.43. The molecule has 0 atom stereocenters. The number of ether oxygens (including phenoxy) is 1. The van der Waals surface area contributed by atoms with E-state index in [-0.39, 0.29) is 0 Å². The van der Waals surface area contributed by atoms with Gasteiger partial charge in [0.05, 0.1) is 22.9 Å². The summed E-state index contributed by atoms with van der Waals surface area (Å²) in [6.45, 7) is 0. The molecule has 0 amide bonds. The Balaban J connectivity index is 1.81. The van der Waals surface area contributed by atoms with Crippen LogP contribution in [-0.2, 0) is 0 Å². The second kappa shape index (κ2) is 6.13. The maximum atomic E-state index is 9.14. The van der Waals surface area contributed by atoms with Crippen molar-refractivity contribution in [2.45, 2.75) is 4.90 Å². The van der Waals surface area contributed by atoms with Crippen LogP contribution >= 0.6 is 23.3 Å². The van der Waals surface area contributed by atoms with Crippen LogP contribution in [0.25, 0.3) is 10.2 Å². The van der Waals surface area contributed by atoms with Crippen LogP contribution < -0.4 is 15.2 Å². The van der Waals surface area contributed by atoms with E-state index in [1.165, 1.54) is 23.3 Å². The number of thiazole rings is 1. The van der Waals surface area contributed by atoms with Gasteiger partial charge < -0.3 is 15.2 Å². The maximum absolute atomic E-state index is 9.14. The van der Waals surface area contributed by atoms with Crippen LogP contribution in [0.3, 0.4) is 0 Å². The molecule has 0 fully saturated rings. The Morgan fingerprint density at radius 2 is 2.18 bits per heavy atom. The van der Waals surface area contributed by atoms with Gasteiger partial charge in [0, 0.05) is 10.6 Å². The lowest BCUT2D eigenvalue weighted by atomic mass is 10.2. The number of nitrogens with zero attached hydrogens (tertiary/aromatic N) is 2. The number of rotatable bonds is 4. The first kappa shape index (κ1) is 14.5. The van der Waals surface area contributed by atoms with E-state index < -0.39 is 0 Å². The Morgan fingerprint density at radius 3 is 2.95 bits per heavy atom. The Labute approximate surface area is 135 Å². The normalized spacial score (nSPS) is 10.4. The van der Waals surface area contributed by atoms with Crippen molar-refractivity contribution >= 4 is 44.3 Å². The third kappa shape index (κ3) is 2.93. The first-order valence-corrected chi connectivity index (χ1v) is 8.00. The number of aromatic nitrogens is 1. The molecule has 1 heterocycles. The lowest BCUT2D eigenvalue weighted by Crippen LogP contribution is -1.91. The summed E-state index contributed by atoms with van der Waals surface area (Å²) < 4.78 is 9.42. The molecule has 0 aliphatic rings. The van der Waals surface area contributed by atoms with Crippen LogP contribution in [0.1, 0.15) is 5.56 Å². The Kier molecular flexibility index (Phi) is 4.04. The molecule has 2 aromatic carbocycles. The number of benzene rings is 2. The molecule has 0 unspecified atom stereocenters. The summed E-state index contributed by atoms with van der Waals surface area (Å²) in [7, 11) is 1.64.